The van der Waals surface area contributed by atoms with E-state index in [-0.39, 0.29) is 35.6 Å². The summed E-state index contributed by atoms with van der Waals surface area (Å²) < 4.78 is 1.33. The van der Waals surface area contributed by atoms with Crippen LogP contribution in [-0.2, 0) is 37.2 Å². The van der Waals surface area contributed by atoms with Crippen molar-refractivity contribution in [1.82, 2.24) is 0 Å². The topological polar surface area (TPSA) is 0 Å². The van der Waals surface area contributed by atoms with E-state index in [1.807, 2.05) is 12.2 Å². The maximum absolute atomic E-state index is 3.80. The zero-order chi connectivity index (χ0) is 36.7. The second-order valence-corrected chi connectivity index (χ2v) is 15.7. The molecule has 6 aromatic rings. The maximum atomic E-state index is 3.80. The summed E-state index contributed by atoms with van der Waals surface area (Å²) in [5, 5.41) is 0. The molecule has 0 saturated carbocycles. The van der Waals surface area contributed by atoms with Crippen LogP contribution >= 0.6 is 0 Å². The summed E-state index contributed by atoms with van der Waals surface area (Å²) in [5.41, 5.74) is 15.9. The number of hydrogen-bond donors (Lipinski definition) is 0. The van der Waals surface area contributed by atoms with E-state index >= 15 is 0 Å². The van der Waals surface area contributed by atoms with Crippen molar-refractivity contribution in [2.24, 2.45) is 0 Å². The first-order valence-corrected chi connectivity index (χ1v) is 19.1. The van der Waals surface area contributed by atoms with Gasteiger partial charge >= 0.3 is 108 Å². The smallest absolute Gasteiger partial charge is 0.109 e. The van der Waals surface area contributed by atoms with E-state index in [9.17, 15) is 0 Å². The van der Waals surface area contributed by atoms with Gasteiger partial charge in [-0.15, -0.1) is 17.5 Å². The molecule has 0 heterocycles. The van der Waals surface area contributed by atoms with Crippen LogP contribution in [-0.4, -0.2) is 3.81 Å². The van der Waals surface area contributed by atoms with Crippen molar-refractivity contribution >= 4 is 3.81 Å². The molecule has 272 valence electrons. The standard InChI is InChI=1S/C31H29.C15H14.C5H5.2ClH.Ti/c1-30(2,24-11-7-5-8-12-24)26-15-17-28-22(20-26)19-23-21-27(16-18-29(23)28)31(3,4)25-13-9-6-10-14-25;1-12-3-7-14(8-4-12)11-15-9-5-13(2)6-10-15;1-2-4-5-3-1;;;/h5-18,20H,19H2,1-4H3;3-10H,1-2H3;1-3H,4H2;2*1H;/q-1;;-1;;;+2/p-2. The minimum absolute atomic E-state index is 0. The molecule has 0 N–H and O–H groups in total. The van der Waals surface area contributed by atoms with Crippen LogP contribution in [0.4, 0.5) is 0 Å². The monoisotopic (exact) mass is 778 g/mol. The Labute approximate surface area is 348 Å². The van der Waals surface area contributed by atoms with E-state index < -0.39 is 0 Å². The fourth-order valence-corrected chi connectivity index (χ4v) is 7.38. The average molecular weight is 780 g/mol. The predicted molar refractivity (Wildman–Crippen MR) is 218 cm³/mol. The van der Waals surface area contributed by atoms with Crippen molar-refractivity contribution in [3.8, 4) is 11.1 Å². The van der Waals surface area contributed by atoms with Gasteiger partial charge in [0, 0.05) is 5.41 Å². The van der Waals surface area contributed by atoms with Gasteiger partial charge in [0.05, 0.1) is 0 Å². The number of hydrogen-bond acceptors (Lipinski definition) is 0. The molecule has 0 amide bonds. The van der Waals surface area contributed by atoms with Crippen LogP contribution in [0.3, 0.4) is 0 Å². The molecule has 0 aliphatic heterocycles. The van der Waals surface area contributed by atoms with Crippen LogP contribution < -0.4 is 24.8 Å². The molecule has 0 saturated heterocycles. The normalized spacial score (nSPS) is 12.1. The van der Waals surface area contributed by atoms with Crippen LogP contribution in [0.15, 0.2) is 158 Å². The molecule has 0 nitrogen and oxygen atoms in total. The molecule has 0 spiro atoms. The number of rotatable bonds is 6. The van der Waals surface area contributed by atoms with Crippen molar-refractivity contribution in [3.05, 3.63) is 226 Å². The average Bonchev–Trinajstić information content (AvgIpc) is 3.88. The Morgan fingerprint density at radius 2 is 1.09 bits per heavy atom. The van der Waals surface area contributed by atoms with Crippen LogP contribution in [0.2, 0.25) is 0 Å². The molecule has 2 aliphatic carbocycles. The van der Waals surface area contributed by atoms with Crippen molar-refractivity contribution < 1.29 is 44.8 Å². The number of halogens is 2. The molecule has 2 aliphatic rings. The predicted octanol–water partition coefficient (Wildman–Crippen LogP) is 6.44. The van der Waals surface area contributed by atoms with Gasteiger partial charge in [-0.1, -0.05) is 112 Å². The molecule has 54 heavy (non-hydrogen) atoms. The summed E-state index contributed by atoms with van der Waals surface area (Å²) in [7, 11) is 0. The van der Waals surface area contributed by atoms with Gasteiger partial charge in [-0.2, -0.15) is 29.8 Å². The molecule has 0 unspecified atom stereocenters. The van der Waals surface area contributed by atoms with E-state index in [4.69, 9.17) is 0 Å². The van der Waals surface area contributed by atoms with E-state index in [0.29, 0.717) is 0 Å². The molecule has 0 aromatic heterocycles. The third kappa shape index (κ3) is 9.98. The molecular weight excluding hydrogens is 731 g/mol. The SMILES string of the molecule is CC(C)(c1[c-]c2c(cc1)-c1ccc(C(C)(C)c3ccccc3)cc1C2)c1ccccc1.Cc1ccc([C](=[Ti+2])c2ccc(C)cc2)cc1.[C-]1=CC=CC1.[Cl-].[Cl-]. The van der Waals surface area contributed by atoms with Gasteiger partial charge in [0.25, 0.3) is 0 Å². The van der Waals surface area contributed by atoms with E-state index in [2.05, 4.69) is 219 Å². The number of fused-ring (bicyclic) bond motifs is 3. The molecule has 0 atom stereocenters. The zero-order valence-corrected chi connectivity index (χ0v) is 35.3. The Kier molecular flexibility index (Phi) is 15.0. The van der Waals surface area contributed by atoms with E-state index in [1.165, 1.54) is 70.6 Å². The fourth-order valence-electron chi connectivity index (χ4n) is 6.86. The fraction of sp³-hybridized carbons (Fsp3) is 0.196. The Morgan fingerprint density at radius 3 is 1.57 bits per heavy atom. The minimum atomic E-state index is -0.0640. The van der Waals surface area contributed by atoms with Gasteiger partial charge in [-0.25, -0.2) is 12.2 Å². The summed E-state index contributed by atoms with van der Waals surface area (Å²) in [5.74, 6) is 0. The summed E-state index contributed by atoms with van der Waals surface area (Å²) >= 11 is 2.18. The summed E-state index contributed by atoms with van der Waals surface area (Å²) in [6.45, 7) is 13.5. The third-order valence-electron chi connectivity index (χ3n) is 10.4. The minimum Gasteiger partial charge on any atom is -1.00 e. The first kappa shape index (κ1) is 42.7. The molecular formula is C51H48Cl2Ti-2. The quantitative estimate of drug-likeness (QED) is 0.135. The Hall–Kier alpha value is -4.04. The third-order valence-corrected chi connectivity index (χ3v) is 11.3. The Balaban J connectivity index is 0.000000236. The summed E-state index contributed by atoms with van der Waals surface area (Å²) in [6.07, 6.45) is 11.0. The first-order chi connectivity index (χ1) is 25.0. The Bertz CT molecular complexity index is 2040. The summed E-state index contributed by atoms with van der Waals surface area (Å²) in [4.78, 5) is 0. The van der Waals surface area contributed by atoms with Gasteiger partial charge < -0.3 is 24.8 Å². The van der Waals surface area contributed by atoms with Crippen molar-refractivity contribution in [2.45, 2.75) is 65.2 Å². The van der Waals surface area contributed by atoms with Gasteiger partial charge in [-0.3, -0.25) is 6.08 Å². The molecule has 0 bridgehead atoms. The zero-order valence-electron chi connectivity index (χ0n) is 32.2. The molecule has 0 radical (unpaired) electrons. The van der Waals surface area contributed by atoms with Crippen LogP contribution in [0.25, 0.3) is 11.1 Å². The van der Waals surface area contributed by atoms with E-state index in [0.717, 1.165) is 12.8 Å². The first-order valence-electron chi connectivity index (χ1n) is 18.3. The maximum Gasteiger partial charge on any atom is -0.109 e. The second-order valence-electron chi connectivity index (χ2n) is 14.9. The molecule has 3 heteroatoms. The van der Waals surface area contributed by atoms with Gasteiger partial charge in [0.1, 0.15) is 0 Å². The van der Waals surface area contributed by atoms with Gasteiger partial charge in [0.15, 0.2) is 0 Å². The van der Waals surface area contributed by atoms with Gasteiger partial charge in [0.2, 0.25) is 0 Å². The number of benzene rings is 6. The van der Waals surface area contributed by atoms with E-state index in [1.54, 1.807) is 0 Å². The Morgan fingerprint density at radius 1 is 0.574 bits per heavy atom. The largest absolute Gasteiger partial charge is 1.00 e. The van der Waals surface area contributed by atoms with Crippen molar-refractivity contribution in [2.75, 3.05) is 0 Å². The van der Waals surface area contributed by atoms with Crippen LogP contribution in [0, 0.1) is 26.0 Å². The second kappa shape index (κ2) is 19.0. The molecule has 8 rings (SSSR count). The number of allylic oxidation sites excluding steroid dienone is 4. The molecule has 6 aromatic carbocycles. The molecule has 0 fully saturated rings. The van der Waals surface area contributed by atoms with Crippen LogP contribution in [0.5, 0.6) is 0 Å². The van der Waals surface area contributed by atoms with Crippen molar-refractivity contribution in [1.29, 1.82) is 0 Å². The van der Waals surface area contributed by atoms with Crippen LogP contribution in [0.1, 0.15) is 89.8 Å². The van der Waals surface area contributed by atoms with Gasteiger partial charge in [-0.05, 0) is 34.1 Å². The van der Waals surface area contributed by atoms with Crippen molar-refractivity contribution in [3.63, 3.8) is 0 Å². The number of aryl methyl sites for hydroxylation is 2. The summed E-state index contributed by atoms with van der Waals surface area (Å²) in [6, 6.07) is 54.4.